The Morgan fingerprint density at radius 3 is 2.36 bits per heavy atom. The Morgan fingerprint density at radius 1 is 1.09 bits per heavy atom. The average Bonchev–Trinajstić information content (AvgIpc) is 2.53. The molecule has 1 amide bonds. The summed E-state index contributed by atoms with van der Waals surface area (Å²) in [5.74, 6) is -0.0586. The molecule has 2 N–H and O–H groups in total. The summed E-state index contributed by atoms with van der Waals surface area (Å²) < 4.78 is 5.53. The minimum atomic E-state index is -0.0586. The van der Waals surface area contributed by atoms with E-state index in [4.69, 9.17) is 4.74 Å². The first kappa shape index (κ1) is 16.2. The van der Waals surface area contributed by atoms with Crippen LogP contribution in [-0.4, -0.2) is 19.6 Å². The lowest BCUT2D eigenvalue weighted by Crippen LogP contribution is -2.22. The van der Waals surface area contributed by atoms with Gasteiger partial charge in [-0.05, 0) is 23.3 Å². The van der Waals surface area contributed by atoms with E-state index in [1.165, 1.54) is 12.5 Å². The number of carbonyl (C=O) groups is 1. The molecule has 0 bridgehead atoms. The second-order valence-corrected chi connectivity index (χ2v) is 5.14. The Morgan fingerprint density at radius 2 is 1.77 bits per heavy atom. The molecule has 0 aliphatic carbocycles. The predicted octanol–water partition coefficient (Wildman–Crippen LogP) is 3.12. The fourth-order valence-corrected chi connectivity index (χ4v) is 2.26. The van der Waals surface area contributed by atoms with Crippen molar-refractivity contribution in [2.24, 2.45) is 0 Å². The van der Waals surface area contributed by atoms with E-state index in [1.807, 2.05) is 42.5 Å². The van der Waals surface area contributed by atoms with E-state index in [0.717, 1.165) is 24.3 Å². The van der Waals surface area contributed by atoms with Crippen molar-refractivity contribution >= 4 is 11.6 Å². The van der Waals surface area contributed by atoms with E-state index in [1.54, 1.807) is 7.11 Å². The number of hydrogen-bond acceptors (Lipinski definition) is 3. The first-order valence-corrected chi connectivity index (χ1v) is 7.34. The minimum absolute atomic E-state index is 0.0415. The molecule has 0 aliphatic heterocycles. The van der Waals surface area contributed by atoms with Gasteiger partial charge < -0.3 is 15.4 Å². The Bertz CT molecular complexity index is 582. The lowest BCUT2D eigenvalue weighted by molar-refractivity contribution is -0.114. The highest BCUT2D eigenvalue weighted by Gasteiger charge is 2.09. The molecule has 0 aromatic heterocycles. The average molecular weight is 298 g/mol. The highest BCUT2D eigenvalue weighted by Crippen LogP contribution is 2.15. The van der Waals surface area contributed by atoms with E-state index < -0.39 is 0 Å². The van der Waals surface area contributed by atoms with E-state index in [9.17, 15) is 4.79 Å². The Hall–Kier alpha value is -2.17. The highest BCUT2D eigenvalue weighted by atomic mass is 16.5. The predicted molar refractivity (Wildman–Crippen MR) is 88.6 cm³/mol. The third-order valence-corrected chi connectivity index (χ3v) is 3.39. The van der Waals surface area contributed by atoms with Crippen LogP contribution in [0.25, 0.3) is 0 Å². The van der Waals surface area contributed by atoms with Gasteiger partial charge in [0.15, 0.2) is 0 Å². The van der Waals surface area contributed by atoms with Gasteiger partial charge in [0.25, 0.3) is 0 Å². The largest absolute Gasteiger partial charge is 0.375 e. The van der Waals surface area contributed by atoms with Crippen molar-refractivity contribution in [1.82, 2.24) is 5.32 Å². The zero-order chi connectivity index (χ0) is 15.8. The van der Waals surface area contributed by atoms with E-state index in [-0.39, 0.29) is 12.0 Å². The molecule has 2 rings (SSSR count). The molecule has 116 valence electrons. The molecular weight excluding hydrogens is 276 g/mol. The maximum atomic E-state index is 11.0. The van der Waals surface area contributed by atoms with Crippen LogP contribution in [0.15, 0.2) is 54.6 Å². The zero-order valence-corrected chi connectivity index (χ0v) is 13.0. The van der Waals surface area contributed by atoms with Crippen LogP contribution in [0.5, 0.6) is 0 Å². The minimum Gasteiger partial charge on any atom is -0.375 e. The Labute approximate surface area is 131 Å². The van der Waals surface area contributed by atoms with Crippen LogP contribution < -0.4 is 10.6 Å². The third kappa shape index (κ3) is 4.98. The van der Waals surface area contributed by atoms with Crippen LogP contribution in [0.1, 0.15) is 24.2 Å². The van der Waals surface area contributed by atoms with Gasteiger partial charge in [0.2, 0.25) is 5.91 Å². The lowest BCUT2D eigenvalue weighted by atomic mass is 10.1. The Kier molecular flexibility index (Phi) is 6.13. The third-order valence-electron chi connectivity index (χ3n) is 3.39. The molecule has 0 spiro atoms. The van der Waals surface area contributed by atoms with Gasteiger partial charge in [0, 0.05) is 32.8 Å². The number of rotatable bonds is 7. The molecular formula is C18H22N2O2. The van der Waals surface area contributed by atoms with Gasteiger partial charge in [0.05, 0.1) is 6.10 Å². The summed E-state index contributed by atoms with van der Waals surface area (Å²) in [6.45, 7) is 3.00. The van der Waals surface area contributed by atoms with Gasteiger partial charge in [-0.1, -0.05) is 42.5 Å². The SMILES string of the molecule is CO[C@@H](CNCc1ccc(NC(C)=O)cc1)c1ccccc1. The summed E-state index contributed by atoms with van der Waals surface area (Å²) >= 11 is 0. The van der Waals surface area contributed by atoms with E-state index >= 15 is 0 Å². The number of nitrogens with one attached hydrogen (secondary N) is 2. The number of amides is 1. The number of hydrogen-bond donors (Lipinski definition) is 2. The summed E-state index contributed by atoms with van der Waals surface area (Å²) in [6.07, 6.45) is 0.0415. The topological polar surface area (TPSA) is 50.4 Å². The van der Waals surface area contributed by atoms with Gasteiger partial charge in [0.1, 0.15) is 0 Å². The van der Waals surface area contributed by atoms with Gasteiger partial charge in [-0.2, -0.15) is 0 Å². The molecule has 0 saturated heterocycles. The number of anilines is 1. The van der Waals surface area contributed by atoms with Crippen LogP contribution in [0, 0.1) is 0 Å². The number of carbonyl (C=O) groups excluding carboxylic acids is 1. The molecule has 4 nitrogen and oxygen atoms in total. The number of benzene rings is 2. The normalized spacial score (nSPS) is 11.9. The van der Waals surface area contributed by atoms with Gasteiger partial charge in [-0.15, -0.1) is 0 Å². The maximum Gasteiger partial charge on any atom is 0.221 e. The van der Waals surface area contributed by atoms with Crippen molar-refractivity contribution in [2.75, 3.05) is 19.0 Å². The van der Waals surface area contributed by atoms with E-state index in [0.29, 0.717) is 0 Å². The van der Waals surface area contributed by atoms with Crippen LogP contribution in [0.3, 0.4) is 0 Å². The fraction of sp³-hybridized carbons (Fsp3) is 0.278. The summed E-state index contributed by atoms with van der Waals surface area (Å²) in [5.41, 5.74) is 3.14. The monoisotopic (exact) mass is 298 g/mol. The first-order chi connectivity index (χ1) is 10.7. The lowest BCUT2D eigenvalue weighted by Gasteiger charge is -2.16. The zero-order valence-electron chi connectivity index (χ0n) is 13.0. The van der Waals surface area contributed by atoms with Crippen molar-refractivity contribution < 1.29 is 9.53 Å². The fourth-order valence-electron chi connectivity index (χ4n) is 2.26. The summed E-state index contributed by atoms with van der Waals surface area (Å²) in [7, 11) is 1.72. The quantitative estimate of drug-likeness (QED) is 0.825. The van der Waals surface area contributed by atoms with E-state index in [2.05, 4.69) is 22.8 Å². The number of ether oxygens (including phenoxy) is 1. The molecule has 22 heavy (non-hydrogen) atoms. The standard InChI is InChI=1S/C18H22N2O2/c1-14(21)20-17-10-8-15(9-11-17)12-19-13-18(22-2)16-6-4-3-5-7-16/h3-11,18-19H,12-13H2,1-2H3,(H,20,21)/t18-/m0/s1. The van der Waals surface area contributed by atoms with Crippen molar-refractivity contribution in [1.29, 1.82) is 0 Å². The molecule has 0 heterocycles. The van der Waals surface area contributed by atoms with Crippen LogP contribution in [-0.2, 0) is 16.1 Å². The summed E-state index contributed by atoms with van der Waals surface area (Å²) in [4.78, 5) is 11.0. The second-order valence-electron chi connectivity index (χ2n) is 5.14. The Balaban J connectivity index is 1.83. The first-order valence-electron chi connectivity index (χ1n) is 7.34. The number of methoxy groups -OCH3 is 1. The van der Waals surface area contributed by atoms with Crippen molar-refractivity contribution in [2.45, 2.75) is 19.6 Å². The second kappa shape index (κ2) is 8.32. The van der Waals surface area contributed by atoms with Gasteiger partial charge in [-0.3, -0.25) is 4.79 Å². The smallest absolute Gasteiger partial charge is 0.221 e. The molecule has 1 atom stereocenters. The molecule has 0 radical (unpaired) electrons. The molecule has 0 fully saturated rings. The van der Waals surface area contributed by atoms with Gasteiger partial charge >= 0.3 is 0 Å². The van der Waals surface area contributed by atoms with Crippen LogP contribution in [0.2, 0.25) is 0 Å². The molecule has 2 aromatic carbocycles. The van der Waals surface area contributed by atoms with Crippen molar-refractivity contribution in [3.8, 4) is 0 Å². The van der Waals surface area contributed by atoms with Crippen LogP contribution >= 0.6 is 0 Å². The summed E-state index contributed by atoms with van der Waals surface area (Å²) in [6, 6.07) is 18.0. The van der Waals surface area contributed by atoms with Crippen LogP contribution in [0.4, 0.5) is 5.69 Å². The summed E-state index contributed by atoms with van der Waals surface area (Å²) in [5, 5.41) is 6.16. The highest BCUT2D eigenvalue weighted by molar-refractivity contribution is 5.88. The molecule has 4 heteroatoms. The van der Waals surface area contributed by atoms with Gasteiger partial charge in [-0.25, -0.2) is 0 Å². The molecule has 0 saturated carbocycles. The molecule has 0 aliphatic rings. The molecule has 2 aromatic rings. The maximum absolute atomic E-state index is 11.0. The van der Waals surface area contributed by atoms with Crippen molar-refractivity contribution in [3.05, 3.63) is 65.7 Å². The molecule has 0 unspecified atom stereocenters. The van der Waals surface area contributed by atoms with Crippen molar-refractivity contribution in [3.63, 3.8) is 0 Å².